The second-order valence-corrected chi connectivity index (χ2v) is 9.77. The van der Waals surface area contributed by atoms with Crippen LogP contribution in [0, 0.1) is 5.82 Å². The molecule has 0 aliphatic heterocycles. The van der Waals surface area contributed by atoms with Crippen LogP contribution in [0.25, 0.3) is 22.4 Å². The fourth-order valence-corrected chi connectivity index (χ4v) is 5.05. The lowest BCUT2D eigenvalue weighted by Gasteiger charge is -2.18. The van der Waals surface area contributed by atoms with Gasteiger partial charge < -0.3 is 14.6 Å². The first-order chi connectivity index (χ1) is 19.0. The monoisotopic (exact) mass is 518 g/mol. The number of para-hydroxylation sites is 1. The van der Waals surface area contributed by atoms with Crippen LogP contribution in [0.3, 0.4) is 0 Å². The third kappa shape index (κ3) is 5.48. The summed E-state index contributed by atoms with van der Waals surface area (Å²) >= 11 is 0. The number of nitrogens with zero attached hydrogens (tertiary/aromatic N) is 1. The second kappa shape index (κ2) is 11.4. The first kappa shape index (κ1) is 26.0. The molecule has 0 aliphatic rings. The van der Waals surface area contributed by atoms with Crippen LogP contribution in [0.4, 0.5) is 10.1 Å². The molecular weight excluding hydrogens is 487 g/mol. The molecule has 0 radical (unpaired) electrons. The smallest absolute Gasteiger partial charge is 0.258 e. The zero-order chi connectivity index (χ0) is 27.4. The zero-order valence-corrected chi connectivity index (χ0v) is 22.3. The van der Waals surface area contributed by atoms with Crippen LogP contribution < -0.4 is 10.1 Å². The highest BCUT2D eigenvalue weighted by atomic mass is 19.1. The van der Waals surface area contributed by atoms with E-state index in [2.05, 4.69) is 23.7 Å². The molecule has 5 aromatic rings. The topological polar surface area (TPSA) is 43.3 Å². The highest BCUT2D eigenvalue weighted by Crippen LogP contribution is 2.42. The molecule has 0 bridgehead atoms. The minimum atomic E-state index is -0.306. The van der Waals surface area contributed by atoms with Gasteiger partial charge in [-0.05, 0) is 71.1 Å². The summed E-state index contributed by atoms with van der Waals surface area (Å²) in [6.07, 6.45) is 0. The summed E-state index contributed by atoms with van der Waals surface area (Å²) in [7, 11) is 1.65. The Morgan fingerprint density at radius 1 is 0.821 bits per heavy atom. The number of hydrogen-bond acceptors (Lipinski definition) is 2. The number of ether oxygens (including phenoxy) is 1. The molecule has 0 saturated carbocycles. The van der Waals surface area contributed by atoms with Crippen molar-refractivity contribution in [3.63, 3.8) is 0 Å². The molecule has 4 nitrogen and oxygen atoms in total. The van der Waals surface area contributed by atoms with Crippen LogP contribution in [-0.4, -0.2) is 17.6 Å². The van der Waals surface area contributed by atoms with E-state index in [1.165, 1.54) is 12.1 Å². The quantitative estimate of drug-likeness (QED) is 0.224. The van der Waals surface area contributed by atoms with Gasteiger partial charge in [0.05, 0.1) is 18.4 Å². The molecular formula is C34H31FN2O2. The Balaban J connectivity index is 1.80. The average Bonchev–Trinajstić information content (AvgIpc) is 3.30. The second-order valence-electron chi connectivity index (χ2n) is 9.77. The van der Waals surface area contributed by atoms with Crippen molar-refractivity contribution in [2.45, 2.75) is 26.3 Å². The van der Waals surface area contributed by atoms with E-state index in [4.69, 9.17) is 4.74 Å². The Morgan fingerprint density at radius 2 is 1.44 bits per heavy atom. The molecule has 4 aromatic carbocycles. The van der Waals surface area contributed by atoms with Crippen molar-refractivity contribution in [2.75, 3.05) is 12.4 Å². The van der Waals surface area contributed by atoms with Crippen molar-refractivity contribution in [2.24, 2.45) is 0 Å². The minimum Gasteiger partial charge on any atom is -0.497 e. The van der Waals surface area contributed by atoms with Gasteiger partial charge in [-0.2, -0.15) is 0 Å². The molecule has 5 rings (SSSR count). The molecule has 0 aliphatic carbocycles. The average molecular weight is 519 g/mol. The summed E-state index contributed by atoms with van der Waals surface area (Å²) in [5.41, 5.74) is 6.78. The van der Waals surface area contributed by atoms with Crippen molar-refractivity contribution in [1.82, 2.24) is 4.57 Å². The van der Waals surface area contributed by atoms with Crippen molar-refractivity contribution >= 4 is 11.6 Å². The van der Waals surface area contributed by atoms with E-state index in [0.29, 0.717) is 12.1 Å². The van der Waals surface area contributed by atoms with Crippen LogP contribution >= 0.6 is 0 Å². The third-order valence-electron chi connectivity index (χ3n) is 6.79. The van der Waals surface area contributed by atoms with Gasteiger partial charge in [0, 0.05) is 23.5 Å². The SMILES string of the molecule is COc1ccc(Cn2c(-c3ccc(F)cc3)c(-c3ccccc3)c(C(=O)Nc3ccccc3)c2C(C)C)cc1. The van der Waals surface area contributed by atoms with Gasteiger partial charge in [0.15, 0.2) is 0 Å². The summed E-state index contributed by atoms with van der Waals surface area (Å²) in [4.78, 5) is 14.1. The molecule has 1 amide bonds. The van der Waals surface area contributed by atoms with E-state index >= 15 is 0 Å². The number of carbonyl (C=O) groups is 1. The van der Waals surface area contributed by atoms with Gasteiger partial charge in [0.1, 0.15) is 11.6 Å². The van der Waals surface area contributed by atoms with E-state index in [0.717, 1.165) is 45.1 Å². The lowest BCUT2D eigenvalue weighted by molar-refractivity contribution is 0.102. The number of nitrogens with one attached hydrogen (secondary N) is 1. The summed E-state index contributed by atoms with van der Waals surface area (Å²) in [5, 5.41) is 3.11. The maximum absolute atomic E-state index is 14.1. The van der Waals surface area contributed by atoms with Gasteiger partial charge in [-0.1, -0.05) is 74.5 Å². The van der Waals surface area contributed by atoms with Crippen LogP contribution in [0.5, 0.6) is 5.75 Å². The predicted octanol–water partition coefficient (Wildman–Crippen LogP) is 8.39. The highest BCUT2D eigenvalue weighted by molar-refractivity contribution is 6.12. The highest BCUT2D eigenvalue weighted by Gasteiger charge is 2.30. The lowest BCUT2D eigenvalue weighted by Crippen LogP contribution is -2.16. The zero-order valence-electron chi connectivity index (χ0n) is 22.3. The molecule has 39 heavy (non-hydrogen) atoms. The predicted molar refractivity (Wildman–Crippen MR) is 156 cm³/mol. The fraction of sp³-hybridized carbons (Fsp3) is 0.147. The van der Waals surface area contributed by atoms with E-state index in [1.54, 1.807) is 19.2 Å². The molecule has 1 heterocycles. The van der Waals surface area contributed by atoms with Crippen molar-refractivity contribution in [3.8, 4) is 28.1 Å². The van der Waals surface area contributed by atoms with Gasteiger partial charge in [0.2, 0.25) is 0 Å². The van der Waals surface area contributed by atoms with E-state index < -0.39 is 0 Å². The van der Waals surface area contributed by atoms with Gasteiger partial charge in [0.25, 0.3) is 5.91 Å². The largest absolute Gasteiger partial charge is 0.497 e. The maximum atomic E-state index is 14.1. The van der Waals surface area contributed by atoms with Gasteiger partial charge in [-0.25, -0.2) is 4.39 Å². The fourth-order valence-electron chi connectivity index (χ4n) is 5.05. The Morgan fingerprint density at radius 3 is 2.03 bits per heavy atom. The first-order valence-electron chi connectivity index (χ1n) is 13.0. The minimum absolute atomic E-state index is 0.0245. The molecule has 0 saturated heterocycles. The van der Waals surface area contributed by atoms with Crippen molar-refractivity contribution < 1.29 is 13.9 Å². The molecule has 0 fully saturated rings. The Bertz CT molecular complexity index is 1560. The molecule has 0 atom stereocenters. The molecule has 0 spiro atoms. The molecule has 1 aromatic heterocycles. The molecule has 5 heteroatoms. The third-order valence-corrected chi connectivity index (χ3v) is 6.79. The number of methoxy groups -OCH3 is 1. The van der Waals surface area contributed by atoms with Crippen molar-refractivity contribution in [3.05, 3.63) is 132 Å². The van der Waals surface area contributed by atoms with E-state index in [1.807, 2.05) is 84.9 Å². The number of amides is 1. The van der Waals surface area contributed by atoms with Crippen molar-refractivity contribution in [1.29, 1.82) is 0 Å². The van der Waals surface area contributed by atoms with Crippen LogP contribution in [-0.2, 0) is 6.54 Å². The number of aromatic nitrogens is 1. The summed E-state index contributed by atoms with van der Waals surface area (Å²) in [5.74, 6) is 0.318. The first-order valence-corrected chi connectivity index (χ1v) is 13.0. The normalized spacial score (nSPS) is 11.0. The Hall–Kier alpha value is -4.64. The van der Waals surface area contributed by atoms with Crippen LogP contribution in [0.2, 0.25) is 0 Å². The molecule has 196 valence electrons. The summed E-state index contributed by atoms with van der Waals surface area (Å²) in [6.45, 7) is 4.73. The van der Waals surface area contributed by atoms with Gasteiger partial charge in [-0.15, -0.1) is 0 Å². The maximum Gasteiger partial charge on any atom is 0.258 e. The number of carbonyl (C=O) groups excluding carboxylic acids is 1. The molecule has 1 N–H and O–H groups in total. The van der Waals surface area contributed by atoms with Crippen LogP contribution in [0.1, 0.15) is 41.4 Å². The molecule has 0 unspecified atom stereocenters. The number of benzene rings is 4. The number of hydrogen-bond donors (Lipinski definition) is 1. The summed E-state index contributed by atoms with van der Waals surface area (Å²) < 4.78 is 21.6. The Kier molecular flexibility index (Phi) is 7.60. The summed E-state index contributed by atoms with van der Waals surface area (Å²) in [6, 6.07) is 33.8. The number of rotatable bonds is 8. The number of halogens is 1. The standard InChI is InChI=1S/C34H31FN2O2/c1-23(2)32-31(34(38)36-28-12-8-5-9-13-28)30(25-10-6-4-7-11-25)33(26-16-18-27(35)19-17-26)37(32)22-24-14-20-29(39-3)21-15-24/h4-21,23H,22H2,1-3H3,(H,36,38). The lowest BCUT2D eigenvalue weighted by atomic mass is 9.94. The van der Waals surface area contributed by atoms with Gasteiger partial charge in [-0.3, -0.25) is 4.79 Å². The van der Waals surface area contributed by atoms with E-state index in [9.17, 15) is 9.18 Å². The Labute approximate surface area is 228 Å². The van der Waals surface area contributed by atoms with E-state index in [-0.39, 0.29) is 17.6 Å². The number of anilines is 1. The van der Waals surface area contributed by atoms with Crippen LogP contribution in [0.15, 0.2) is 109 Å². The van der Waals surface area contributed by atoms with Gasteiger partial charge >= 0.3 is 0 Å².